The summed E-state index contributed by atoms with van der Waals surface area (Å²) in [6.45, 7) is 1.74. The van der Waals surface area contributed by atoms with Gasteiger partial charge in [-0.2, -0.15) is 11.8 Å². The van der Waals surface area contributed by atoms with Gasteiger partial charge < -0.3 is 9.73 Å². The molecule has 0 saturated carbocycles. The molecule has 2 aromatic rings. The summed E-state index contributed by atoms with van der Waals surface area (Å²) < 4.78 is 18.4. The molecule has 0 fully saturated rings. The van der Waals surface area contributed by atoms with E-state index in [2.05, 4.69) is 5.32 Å². The minimum absolute atomic E-state index is 0.257. The number of nitrogens with one attached hydrogen (secondary N) is 1. The zero-order chi connectivity index (χ0) is 13.8. The fraction of sp³-hybridized carbons (Fsp3) is 0.214. The van der Waals surface area contributed by atoms with Gasteiger partial charge in [0, 0.05) is 5.69 Å². The predicted molar refractivity (Wildman–Crippen MR) is 75.0 cm³/mol. The number of amides is 1. The van der Waals surface area contributed by atoms with Gasteiger partial charge in [-0.25, -0.2) is 4.39 Å². The number of carbonyl (C=O) groups excluding carboxylic acids is 1. The second kappa shape index (κ2) is 5.93. The van der Waals surface area contributed by atoms with Gasteiger partial charge in [0.25, 0.3) is 5.91 Å². The van der Waals surface area contributed by atoms with E-state index in [1.807, 2.05) is 6.26 Å². The Kier molecular flexibility index (Phi) is 4.27. The molecule has 0 aliphatic carbocycles. The van der Waals surface area contributed by atoms with E-state index >= 15 is 0 Å². The lowest BCUT2D eigenvalue weighted by Crippen LogP contribution is -2.11. The summed E-state index contributed by atoms with van der Waals surface area (Å²) >= 11 is 1.62. The molecule has 0 spiro atoms. The normalized spacial score (nSPS) is 10.5. The molecule has 100 valence electrons. The average molecular weight is 279 g/mol. The van der Waals surface area contributed by atoms with Crippen LogP contribution < -0.4 is 5.32 Å². The molecular formula is C14H14FNO2S. The number of hydrogen-bond acceptors (Lipinski definition) is 3. The molecule has 0 aliphatic rings. The minimum Gasteiger partial charge on any atom is -0.455 e. The highest BCUT2D eigenvalue weighted by Gasteiger charge is 2.12. The number of rotatable bonds is 4. The molecule has 2 rings (SSSR count). The van der Waals surface area contributed by atoms with E-state index in [-0.39, 0.29) is 17.5 Å². The maximum Gasteiger partial charge on any atom is 0.291 e. The summed E-state index contributed by atoms with van der Waals surface area (Å²) in [5, 5.41) is 2.70. The predicted octanol–water partition coefficient (Wildman–Crippen LogP) is 3.84. The highest BCUT2D eigenvalue weighted by Crippen LogP contribution is 2.18. The molecule has 0 bridgehead atoms. The van der Waals surface area contributed by atoms with E-state index < -0.39 is 0 Å². The summed E-state index contributed by atoms with van der Waals surface area (Å²) in [4.78, 5) is 12.0. The molecule has 1 amide bonds. The molecule has 1 aromatic carbocycles. The van der Waals surface area contributed by atoms with E-state index in [0.717, 1.165) is 11.5 Å². The van der Waals surface area contributed by atoms with Gasteiger partial charge in [-0.05, 0) is 49.1 Å². The first kappa shape index (κ1) is 13.7. The number of thioether (sulfide) groups is 1. The van der Waals surface area contributed by atoms with Crippen molar-refractivity contribution in [2.75, 3.05) is 11.6 Å². The zero-order valence-corrected chi connectivity index (χ0v) is 11.5. The first-order chi connectivity index (χ1) is 9.10. The molecule has 1 aromatic heterocycles. The number of benzene rings is 1. The van der Waals surface area contributed by atoms with Gasteiger partial charge in [0.1, 0.15) is 11.6 Å². The standard InChI is InChI=1S/C14H14FNO2S/c1-9-7-10(15)3-5-12(9)16-14(17)13-6-4-11(18-13)8-19-2/h3-7H,8H2,1-2H3,(H,16,17). The van der Waals surface area contributed by atoms with Crippen molar-refractivity contribution in [3.05, 3.63) is 53.2 Å². The van der Waals surface area contributed by atoms with Gasteiger partial charge in [-0.15, -0.1) is 0 Å². The largest absolute Gasteiger partial charge is 0.455 e. The molecule has 1 N–H and O–H groups in total. The van der Waals surface area contributed by atoms with Crippen molar-refractivity contribution in [1.82, 2.24) is 0 Å². The monoisotopic (exact) mass is 279 g/mol. The number of carbonyl (C=O) groups is 1. The van der Waals surface area contributed by atoms with E-state index in [1.54, 1.807) is 30.8 Å². The number of halogens is 1. The Morgan fingerprint density at radius 1 is 1.37 bits per heavy atom. The second-order valence-electron chi connectivity index (χ2n) is 4.11. The third-order valence-corrected chi connectivity index (χ3v) is 3.18. The third-order valence-electron chi connectivity index (χ3n) is 2.61. The Morgan fingerprint density at radius 2 is 2.16 bits per heavy atom. The SMILES string of the molecule is CSCc1ccc(C(=O)Nc2ccc(F)cc2C)o1. The molecule has 1 heterocycles. The second-order valence-corrected chi connectivity index (χ2v) is 4.98. The zero-order valence-electron chi connectivity index (χ0n) is 10.7. The number of hydrogen-bond donors (Lipinski definition) is 1. The summed E-state index contributed by atoms with van der Waals surface area (Å²) in [6, 6.07) is 7.64. The molecule has 0 radical (unpaired) electrons. The minimum atomic E-state index is -0.331. The van der Waals surface area contributed by atoms with Crippen LogP contribution in [0.4, 0.5) is 10.1 Å². The fourth-order valence-electron chi connectivity index (χ4n) is 1.67. The maximum atomic E-state index is 13.0. The summed E-state index contributed by atoms with van der Waals surface area (Å²) in [7, 11) is 0. The lowest BCUT2D eigenvalue weighted by Gasteiger charge is -2.06. The Balaban J connectivity index is 2.11. The van der Waals surface area contributed by atoms with Crippen molar-refractivity contribution in [3.63, 3.8) is 0 Å². The van der Waals surface area contributed by atoms with Crippen LogP contribution in [0, 0.1) is 12.7 Å². The van der Waals surface area contributed by atoms with Crippen molar-refractivity contribution in [3.8, 4) is 0 Å². The summed E-state index contributed by atoms with van der Waals surface area (Å²) in [5.41, 5.74) is 1.25. The summed E-state index contributed by atoms with van der Waals surface area (Å²) in [5.74, 6) is 1.09. The van der Waals surface area contributed by atoms with Crippen LogP contribution in [0.5, 0.6) is 0 Å². The molecule has 19 heavy (non-hydrogen) atoms. The highest BCUT2D eigenvalue weighted by atomic mass is 32.2. The molecule has 0 aliphatic heterocycles. The van der Waals surface area contributed by atoms with Crippen LogP contribution in [0.2, 0.25) is 0 Å². The van der Waals surface area contributed by atoms with E-state index in [0.29, 0.717) is 11.3 Å². The molecule has 0 atom stereocenters. The first-order valence-electron chi connectivity index (χ1n) is 5.75. The molecule has 0 unspecified atom stereocenters. The van der Waals surface area contributed by atoms with Crippen LogP contribution in [0.25, 0.3) is 0 Å². The Morgan fingerprint density at radius 3 is 2.84 bits per heavy atom. The Labute approximate surface area is 115 Å². The number of aryl methyl sites for hydroxylation is 1. The van der Waals surface area contributed by atoms with E-state index in [1.165, 1.54) is 18.2 Å². The van der Waals surface area contributed by atoms with Crippen molar-refractivity contribution in [2.45, 2.75) is 12.7 Å². The molecular weight excluding hydrogens is 265 g/mol. The van der Waals surface area contributed by atoms with Gasteiger partial charge >= 0.3 is 0 Å². The topological polar surface area (TPSA) is 42.2 Å². The van der Waals surface area contributed by atoms with Crippen LogP contribution in [0.3, 0.4) is 0 Å². The average Bonchev–Trinajstić information content (AvgIpc) is 2.82. The van der Waals surface area contributed by atoms with Gasteiger partial charge in [-0.3, -0.25) is 4.79 Å². The molecule has 3 nitrogen and oxygen atoms in total. The van der Waals surface area contributed by atoms with Crippen LogP contribution in [0.15, 0.2) is 34.7 Å². The number of furan rings is 1. The highest BCUT2D eigenvalue weighted by molar-refractivity contribution is 7.97. The molecule has 5 heteroatoms. The van der Waals surface area contributed by atoms with E-state index in [9.17, 15) is 9.18 Å². The van der Waals surface area contributed by atoms with Crippen LogP contribution in [0.1, 0.15) is 21.9 Å². The van der Waals surface area contributed by atoms with E-state index in [4.69, 9.17) is 4.42 Å². The van der Waals surface area contributed by atoms with Gasteiger partial charge in [0.15, 0.2) is 5.76 Å². The third kappa shape index (κ3) is 3.38. The van der Waals surface area contributed by atoms with Gasteiger partial charge in [0.05, 0.1) is 5.75 Å². The smallest absolute Gasteiger partial charge is 0.291 e. The molecule has 0 saturated heterocycles. The lowest BCUT2D eigenvalue weighted by molar-refractivity contribution is 0.0995. The van der Waals surface area contributed by atoms with Crippen LogP contribution in [-0.4, -0.2) is 12.2 Å². The van der Waals surface area contributed by atoms with Gasteiger partial charge in [0.2, 0.25) is 0 Å². The lowest BCUT2D eigenvalue weighted by atomic mass is 10.2. The van der Waals surface area contributed by atoms with Crippen molar-refractivity contribution in [2.24, 2.45) is 0 Å². The van der Waals surface area contributed by atoms with Crippen molar-refractivity contribution in [1.29, 1.82) is 0 Å². The first-order valence-corrected chi connectivity index (χ1v) is 7.14. The summed E-state index contributed by atoms with van der Waals surface area (Å²) in [6.07, 6.45) is 1.96. The Hall–Kier alpha value is -1.75. The van der Waals surface area contributed by atoms with Gasteiger partial charge in [-0.1, -0.05) is 0 Å². The van der Waals surface area contributed by atoms with Crippen LogP contribution >= 0.6 is 11.8 Å². The quantitative estimate of drug-likeness (QED) is 0.924. The maximum absolute atomic E-state index is 13.0. The number of anilines is 1. The van der Waals surface area contributed by atoms with Crippen LogP contribution in [-0.2, 0) is 5.75 Å². The Bertz CT molecular complexity index is 595. The fourth-order valence-corrected chi connectivity index (χ4v) is 2.11. The van der Waals surface area contributed by atoms with Crippen molar-refractivity contribution >= 4 is 23.4 Å². The van der Waals surface area contributed by atoms with Crippen molar-refractivity contribution < 1.29 is 13.6 Å².